The molecule has 0 heterocycles. The molecule has 134 valence electrons. The topological polar surface area (TPSA) is 66.5 Å². The van der Waals surface area contributed by atoms with Crippen molar-refractivity contribution in [2.24, 2.45) is 0 Å². The molecule has 0 aliphatic heterocycles. The van der Waals surface area contributed by atoms with E-state index in [-0.39, 0.29) is 17.2 Å². The third kappa shape index (κ3) is 4.98. The lowest BCUT2D eigenvalue weighted by molar-refractivity contribution is 0.0990. The number of carbonyl (C=O) groups is 1. The average Bonchev–Trinajstić information content (AvgIpc) is 2.63. The Labute approximate surface area is 149 Å². The highest BCUT2D eigenvalue weighted by atomic mass is 32.2. The number of rotatable bonds is 9. The maximum absolute atomic E-state index is 12.4. The molecule has 0 bridgehead atoms. The monoisotopic (exact) mass is 360 g/mol. The predicted molar refractivity (Wildman–Crippen MR) is 99.0 cm³/mol. The SMILES string of the molecule is CCN(CC)S(=O)(=O)c1ccc(C(=O)CNCc2ccccc2)cc1. The number of ketones is 1. The third-order valence-electron chi connectivity index (χ3n) is 3.98. The highest BCUT2D eigenvalue weighted by Crippen LogP contribution is 2.16. The second-order valence-corrected chi connectivity index (χ2v) is 7.56. The Morgan fingerprint density at radius 3 is 2.12 bits per heavy atom. The minimum atomic E-state index is -3.49. The van der Waals surface area contributed by atoms with Crippen molar-refractivity contribution in [1.82, 2.24) is 9.62 Å². The van der Waals surface area contributed by atoms with Crippen LogP contribution in [-0.2, 0) is 16.6 Å². The van der Waals surface area contributed by atoms with E-state index in [0.29, 0.717) is 25.2 Å². The fourth-order valence-electron chi connectivity index (χ4n) is 2.54. The molecule has 0 saturated heterocycles. The van der Waals surface area contributed by atoms with Gasteiger partial charge in [0.05, 0.1) is 11.4 Å². The molecule has 0 amide bonds. The number of benzene rings is 2. The van der Waals surface area contributed by atoms with Crippen LogP contribution in [0.25, 0.3) is 0 Å². The summed E-state index contributed by atoms with van der Waals surface area (Å²) in [6.07, 6.45) is 0. The van der Waals surface area contributed by atoms with E-state index in [2.05, 4.69) is 5.32 Å². The van der Waals surface area contributed by atoms with Gasteiger partial charge < -0.3 is 5.32 Å². The zero-order valence-corrected chi connectivity index (χ0v) is 15.4. The summed E-state index contributed by atoms with van der Waals surface area (Å²) >= 11 is 0. The van der Waals surface area contributed by atoms with Crippen molar-refractivity contribution in [3.8, 4) is 0 Å². The van der Waals surface area contributed by atoms with Crippen molar-refractivity contribution >= 4 is 15.8 Å². The Morgan fingerprint density at radius 1 is 0.960 bits per heavy atom. The Hall–Kier alpha value is -2.02. The molecule has 2 aromatic rings. The molecule has 0 aliphatic rings. The van der Waals surface area contributed by atoms with Crippen molar-refractivity contribution in [2.45, 2.75) is 25.3 Å². The minimum Gasteiger partial charge on any atom is -0.306 e. The molecular weight excluding hydrogens is 336 g/mol. The summed E-state index contributed by atoms with van der Waals surface area (Å²) in [5.41, 5.74) is 1.61. The molecule has 25 heavy (non-hydrogen) atoms. The van der Waals surface area contributed by atoms with Gasteiger partial charge in [-0.1, -0.05) is 56.3 Å². The lowest BCUT2D eigenvalue weighted by Crippen LogP contribution is -2.30. The summed E-state index contributed by atoms with van der Waals surface area (Å²) in [6.45, 7) is 5.26. The van der Waals surface area contributed by atoms with Crippen molar-refractivity contribution in [3.63, 3.8) is 0 Å². The summed E-state index contributed by atoms with van der Waals surface area (Å²) < 4.78 is 26.3. The Bertz CT molecular complexity index is 783. The van der Waals surface area contributed by atoms with Gasteiger partial charge in [0.15, 0.2) is 5.78 Å². The van der Waals surface area contributed by atoms with Crippen LogP contribution in [0.1, 0.15) is 29.8 Å². The lowest BCUT2D eigenvalue weighted by Gasteiger charge is -2.18. The van der Waals surface area contributed by atoms with E-state index in [1.54, 1.807) is 26.0 Å². The third-order valence-corrected chi connectivity index (χ3v) is 6.04. The summed E-state index contributed by atoms with van der Waals surface area (Å²) in [6, 6.07) is 16.0. The molecule has 0 aromatic heterocycles. The zero-order valence-electron chi connectivity index (χ0n) is 14.6. The van der Waals surface area contributed by atoms with Crippen LogP contribution in [-0.4, -0.2) is 38.1 Å². The van der Waals surface area contributed by atoms with Gasteiger partial charge in [-0.3, -0.25) is 4.79 Å². The van der Waals surface area contributed by atoms with Crippen molar-refractivity contribution in [2.75, 3.05) is 19.6 Å². The molecule has 0 saturated carbocycles. The van der Waals surface area contributed by atoms with E-state index in [1.807, 2.05) is 30.3 Å². The molecular formula is C19H24N2O3S. The van der Waals surface area contributed by atoms with Gasteiger partial charge in [0.2, 0.25) is 10.0 Å². The smallest absolute Gasteiger partial charge is 0.243 e. The highest BCUT2D eigenvalue weighted by Gasteiger charge is 2.21. The van der Waals surface area contributed by atoms with E-state index in [0.717, 1.165) is 5.56 Å². The number of Topliss-reactive ketones (excluding diaryl/α,β-unsaturated/α-hetero) is 1. The summed E-state index contributed by atoms with van der Waals surface area (Å²) in [5, 5.41) is 3.11. The van der Waals surface area contributed by atoms with E-state index in [4.69, 9.17) is 0 Å². The second-order valence-electron chi connectivity index (χ2n) is 5.63. The quantitative estimate of drug-likeness (QED) is 0.698. The van der Waals surface area contributed by atoms with Gasteiger partial charge in [-0.25, -0.2) is 8.42 Å². The number of nitrogens with one attached hydrogen (secondary N) is 1. The highest BCUT2D eigenvalue weighted by molar-refractivity contribution is 7.89. The van der Waals surface area contributed by atoms with Gasteiger partial charge >= 0.3 is 0 Å². The van der Waals surface area contributed by atoms with Crippen LogP contribution in [0.3, 0.4) is 0 Å². The van der Waals surface area contributed by atoms with Crippen molar-refractivity contribution in [3.05, 3.63) is 65.7 Å². The Balaban J connectivity index is 1.98. The molecule has 1 N–H and O–H groups in total. The number of hydrogen-bond donors (Lipinski definition) is 1. The first-order valence-electron chi connectivity index (χ1n) is 8.37. The van der Waals surface area contributed by atoms with E-state index >= 15 is 0 Å². The fourth-order valence-corrected chi connectivity index (χ4v) is 4.00. The molecule has 0 aliphatic carbocycles. The first-order valence-corrected chi connectivity index (χ1v) is 9.81. The maximum atomic E-state index is 12.4. The zero-order chi connectivity index (χ0) is 18.3. The molecule has 0 spiro atoms. The van der Waals surface area contributed by atoms with E-state index < -0.39 is 10.0 Å². The van der Waals surface area contributed by atoms with Crippen LogP contribution < -0.4 is 5.32 Å². The first kappa shape index (κ1) is 19.3. The Morgan fingerprint density at radius 2 is 1.56 bits per heavy atom. The van der Waals surface area contributed by atoms with Crippen LogP contribution in [0.5, 0.6) is 0 Å². The second kappa shape index (κ2) is 8.89. The molecule has 6 heteroatoms. The molecule has 2 rings (SSSR count). The predicted octanol–water partition coefficient (Wildman–Crippen LogP) is 2.69. The van der Waals surface area contributed by atoms with Crippen molar-refractivity contribution in [1.29, 1.82) is 0 Å². The van der Waals surface area contributed by atoms with Crippen LogP contribution >= 0.6 is 0 Å². The number of carbonyl (C=O) groups excluding carboxylic acids is 1. The molecule has 0 unspecified atom stereocenters. The minimum absolute atomic E-state index is 0.0669. The van der Waals surface area contributed by atoms with Crippen LogP contribution in [0.15, 0.2) is 59.5 Å². The van der Waals surface area contributed by atoms with Gasteiger partial charge in [-0.05, 0) is 17.7 Å². The van der Waals surface area contributed by atoms with E-state index in [1.165, 1.54) is 16.4 Å². The molecule has 0 atom stereocenters. The number of sulfonamides is 1. The number of hydrogen-bond acceptors (Lipinski definition) is 4. The number of nitrogens with zero attached hydrogens (tertiary/aromatic N) is 1. The largest absolute Gasteiger partial charge is 0.306 e. The maximum Gasteiger partial charge on any atom is 0.243 e. The van der Waals surface area contributed by atoms with Gasteiger partial charge in [0, 0.05) is 25.2 Å². The van der Waals surface area contributed by atoms with Gasteiger partial charge in [-0.2, -0.15) is 4.31 Å². The van der Waals surface area contributed by atoms with E-state index in [9.17, 15) is 13.2 Å². The summed E-state index contributed by atoms with van der Waals surface area (Å²) in [7, 11) is -3.49. The van der Waals surface area contributed by atoms with Gasteiger partial charge in [0.1, 0.15) is 0 Å². The molecule has 5 nitrogen and oxygen atoms in total. The van der Waals surface area contributed by atoms with Gasteiger partial charge in [-0.15, -0.1) is 0 Å². The summed E-state index contributed by atoms with van der Waals surface area (Å²) in [4.78, 5) is 12.4. The van der Waals surface area contributed by atoms with Crippen LogP contribution in [0, 0.1) is 0 Å². The van der Waals surface area contributed by atoms with Crippen LogP contribution in [0.4, 0.5) is 0 Å². The standard InChI is InChI=1S/C19H24N2O3S/c1-3-21(4-2)25(23,24)18-12-10-17(11-13-18)19(22)15-20-14-16-8-6-5-7-9-16/h5-13,20H,3-4,14-15H2,1-2H3. The lowest BCUT2D eigenvalue weighted by atomic mass is 10.1. The normalized spacial score (nSPS) is 11.6. The average molecular weight is 360 g/mol. The summed E-state index contributed by atoms with van der Waals surface area (Å²) in [5.74, 6) is -0.0669. The Kier molecular flexibility index (Phi) is 6.87. The van der Waals surface area contributed by atoms with Crippen molar-refractivity contribution < 1.29 is 13.2 Å². The van der Waals surface area contributed by atoms with Gasteiger partial charge in [0.25, 0.3) is 0 Å². The first-order chi connectivity index (χ1) is 12.0. The molecule has 2 aromatic carbocycles. The van der Waals surface area contributed by atoms with Crippen LogP contribution in [0.2, 0.25) is 0 Å². The fraction of sp³-hybridized carbons (Fsp3) is 0.316. The molecule has 0 fully saturated rings. The molecule has 0 radical (unpaired) electrons.